The van der Waals surface area contributed by atoms with Gasteiger partial charge in [-0.1, -0.05) is 17.7 Å². The van der Waals surface area contributed by atoms with Crippen LogP contribution in [0.25, 0.3) is 0 Å². The van der Waals surface area contributed by atoms with E-state index in [2.05, 4.69) is 26.5 Å². The predicted molar refractivity (Wildman–Crippen MR) is 72.0 cm³/mol. The third-order valence-corrected chi connectivity index (χ3v) is 3.64. The van der Waals surface area contributed by atoms with Crippen LogP contribution < -0.4 is 0 Å². The monoisotopic (exact) mass is 238 g/mol. The molecule has 0 spiro atoms. The van der Waals surface area contributed by atoms with E-state index in [0.29, 0.717) is 0 Å². The summed E-state index contributed by atoms with van der Waals surface area (Å²) in [5, 5.41) is 10.5. The summed E-state index contributed by atoms with van der Waals surface area (Å²) in [4.78, 5) is 0. The van der Waals surface area contributed by atoms with E-state index in [9.17, 15) is 5.11 Å². The molecule has 0 aromatic rings. The highest BCUT2D eigenvalue weighted by Gasteiger charge is 2.42. The van der Waals surface area contributed by atoms with Gasteiger partial charge < -0.3 is 9.84 Å². The van der Waals surface area contributed by atoms with Crippen molar-refractivity contribution in [2.45, 2.75) is 70.7 Å². The lowest BCUT2D eigenvalue weighted by Gasteiger charge is -2.31. The van der Waals surface area contributed by atoms with Gasteiger partial charge in [-0.05, 0) is 53.4 Å². The van der Waals surface area contributed by atoms with Gasteiger partial charge in [-0.25, -0.2) is 0 Å². The predicted octanol–water partition coefficient (Wildman–Crippen LogP) is 3.61. The highest BCUT2D eigenvalue weighted by molar-refractivity contribution is 5.03. The summed E-state index contributed by atoms with van der Waals surface area (Å²) >= 11 is 0. The molecule has 0 aromatic carbocycles. The van der Waals surface area contributed by atoms with Crippen LogP contribution in [-0.4, -0.2) is 22.4 Å². The summed E-state index contributed by atoms with van der Waals surface area (Å²) in [6, 6.07) is 0. The maximum absolute atomic E-state index is 10.5. The van der Waals surface area contributed by atoms with Crippen LogP contribution in [0.2, 0.25) is 0 Å². The number of hydrogen-bond acceptors (Lipinski definition) is 2. The summed E-state index contributed by atoms with van der Waals surface area (Å²) in [5.74, 6) is 0. The van der Waals surface area contributed by atoms with Crippen LogP contribution in [0.15, 0.2) is 24.3 Å². The van der Waals surface area contributed by atoms with Crippen molar-refractivity contribution in [3.63, 3.8) is 0 Å². The molecule has 0 bridgehead atoms. The zero-order valence-corrected chi connectivity index (χ0v) is 11.6. The quantitative estimate of drug-likeness (QED) is 0.741. The van der Waals surface area contributed by atoms with Crippen molar-refractivity contribution in [1.29, 1.82) is 0 Å². The minimum Gasteiger partial charge on any atom is -0.387 e. The molecular weight excluding hydrogens is 212 g/mol. The molecule has 0 radical (unpaired) electrons. The highest BCUT2D eigenvalue weighted by Crippen LogP contribution is 2.37. The Labute approximate surface area is 105 Å². The first kappa shape index (κ1) is 14.5. The normalized spacial score (nSPS) is 31.9. The molecule has 1 aliphatic heterocycles. The molecule has 0 saturated carbocycles. The summed E-state index contributed by atoms with van der Waals surface area (Å²) in [5.41, 5.74) is 0.293. The summed E-state index contributed by atoms with van der Waals surface area (Å²) in [7, 11) is 0. The standard InChI is InChI=1S/C15H26O2/c1-6-14(4)11-9-13(17-14)15(5,16)10-7-8-12(2)3/h6,8,13,16H,1,7,9-11H2,2-5H3/t13-,14?,15+/m0/s1. The van der Waals surface area contributed by atoms with Crippen LogP contribution >= 0.6 is 0 Å². The van der Waals surface area contributed by atoms with Gasteiger partial charge in [0.05, 0.1) is 17.3 Å². The Balaban J connectivity index is 2.54. The van der Waals surface area contributed by atoms with Crippen molar-refractivity contribution in [2.75, 3.05) is 0 Å². The van der Waals surface area contributed by atoms with Gasteiger partial charge >= 0.3 is 0 Å². The van der Waals surface area contributed by atoms with Gasteiger partial charge in [0, 0.05) is 0 Å². The van der Waals surface area contributed by atoms with Gasteiger partial charge in [-0.3, -0.25) is 0 Å². The molecule has 0 amide bonds. The molecule has 3 atom stereocenters. The van der Waals surface area contributed by atoms with E-state index >= 15 is 0 Å². The molecule has 2 heteroatoms. The smallest absolute Gasteiger partial charge is 0.0883 e. The maximum Gasteiger partial charge on any atom is 0.0883 e. The third kappa shape index (κ3) is 3.97. The van der Waals surface area contributed by atoms with Crippen molar-refractivity contribution in [2.24, 2.45) is 0 Å². The number of hydrogen-bond donors (Lipinski definition) is 1. The molecule has 1 N–H and O–H groups in total. The number of aliphatic hydroxyl groups is 1. The highest BCUT2D eigenvalue weighted by atomic mass is 16.5. The van der Waals surface area contributed by atoms with E-state index in [1.165, 1.54) is 5.57 Å². The molecule has 0 aromatic heterocycles. The number of allylic oxidation sites excluding steroid dienone is 2. The van der Waals surface area contributed by atoms with Crippen LogP contribution in [0.3, 0.4) is 0 Å². The van der Waals surface area contributed by atoms with E-state index in [1.54, 1.807) is 0 Å². The molecule has 1 fully saturated rings. The SMILES string of the molecule is C=CC1(C)CC[C@@H]([C@](C)(O)CCC=C(C)C)O1. The molecule has 1 rings (SSSR count). The third-order valence-electron chi connectivity index (χ3n) is 3.64. The second-order valence-electron chi connectivity index (χ2n) is 5.84. The fraction of sp³-hybridized carbons (Fsp3) is 0.733. The lowest BCUT2D eigenvalue weighted by Crippen LogP contribution is -2.40. The number of ether oxygens (including phenoxy) is 1. The van der Waals surface area contributed by atoms with Crippen LogP contribution in [-0.2, 0) is 4.74 Å². The van der Waals surface area contributed by atoms with Crippen molar-refractivity contribution in [1.82, 2.24) is 0 Å². The first-order valence-electron chi connectivity index (χ1n) is 6.46. The summed E-state index contributed by atoms with van der Waals surface area (Å²) in [6.45, 7) is 11.9. The van der Waals surface area contributed by atoms with Gasteiger partial charge in [-0.15, -0.1) is 6.58 Å². The lowest BCUT2D eigenvalue weighted by molar-refractivity contribution is -0.112. The Bertz CT molecular complexity index is 300. The van der Waals surface area contributed by atoms with Gasteiger partial charge in [0.15, 0.2) is 0 Å². The second kappa shape index (κ2) is 5.36. The molecule has 17 heavy (non-hydrogen) atoms. The van der Waals surface area contributed by atoms with E-state index in [-0.39, 0.29) is 11.7 Å². The van der Waals surface area contributed by atoms with Crippen molar-refractivity contribution >= 4 is 0 Å². The molecule has 1 unspecified atom stereocenters. The molecule has 1 heterocycles. The Morgan fingerprint density at radius 2 is 2.24 bits per heavy atom. The number of rotatable bonds is 5. The van der Waals surface area contributed by atoms with E-state index in [1.807, 2.05) is 19.9 Å². The zero-order chi connectivity index (χ0) is 13.1. The van der Waals surface area contributed by atoms with Crippen molar-refractivity contribution in [3.8, 4) is 0 Å². The maximum atomic E-state index is 10.5. The minimum atomic E-state index is -0.743. The average molecular weight is 238 g/mol. The Morgan fingerprint density at radius 1 is 1.59 bits per heavy atom. The van der Waals surface area contributed by atoms with Gasteiger partial charge in [-0.2, -0.15) is 0 Å². The van der Waals surface area contributed by atoms with Crippen molar-refractivity contribution < 1.29 is 9.84 Å². The molecule has 1 saturated heterocycles. The average Bonchev–Trinajstić information content (AvgIpc) is 2.62. The van der Waals surface area contributed by atoms with E-state index in [4.69, 9.17) is 4.74 Å². The molecule has 0 aliphatic carbocycles. The van der Waals surface area contributed by atoms with Gasteiger partial charge in [0.2, 0.25) is 0 Å². The fourth-order valence-corrected chi connectivity index (χ4v) is 2.26. The van der Waals surface area contributed by atoms with Gasteiger partial charge in [0.25, 0.3) is 0 Å². The van der Waals surface area contributed by atoms with E-state index in [0.717, 1.165) is 25.7 Å². The van der Waals surface area contributed by atoms with E-state index < -0.39 is 5.60 Å². The van der Waals surface area contributed by atoms with Crippen molar-refractivity contribution in [3.05, 3.63) is 24.3 Å². The van der Waals surface area contributed by atoms with Crippen LogP contribution in [0.5, 0.6) is 0 Å². The fourth-order valence-electron chi connectivity index (χ4n) is 2.26. The van der Waals surface area contributed by atoms with Crippen LogP contribution in [0.4, 0.5) is 0 Å². The Kier molecular flexibility index (Phi) is 4.56. The van der Waals surface area contributed by atoms with Crippen LogP contribution in [0, 0.1) is 0 Å². The Hall–Kier alpha value is -0.600. The summed E-state index contributed by atoms with van der Waals surface area (Å²) < 4.78 is 5.93. The molecule has 1 aliphatic rings. The molecule has 98 valence electrons. The first-order chi connectivity index (χ1) is 7.79. The first-order valence-corrected chi connectivity index (χ1v) is 6.46. The summed E-state index contributed by atoms with van der Waals surface area (Å²) in [6.07, 6.45) is 7.44. The second-order valence-corrected chi connectivity index (χ2v) is 5.84. The van der Waals surface area contributed by atoms with Crippen LogP contribution in [0.1, 0.15) is 53.4 Å². The zero-order valence-electron chi connectivity index (χ0n) is 11.6. The lowest BCUT2D eigenvalue weighted by atomic mass is 9.90. The minimum absolute atomic E-state index is 0.0731. The molecule has 2 nitrogen and oxygen atoms in total. The largest absolute Gasteiger partial charge is 0.387 e. The Morgan fingerprint density at radius 3 is 2.71 bits per heavy atom. The topological polar surface area (TPSA) is 29.5 Å². The molecular formula is C15H26O2. The van der Waals surface area contributed by atoms with Gasteiger partial charge in [0.1, 0.15) is 0 Å².